The average molecular weight is 563 g/mol. The summed E-state index contributed by atoms with van der Waals surface area (Å²) in [5.41, 5.74) is 8.63. The Balaban J connectivity index is 1.10. The summed E-state index contributed by atoms with van der Waals surface area (Å²) >= 11 is 0. The molecule has 0 saturated heterocycles. The van der Waals surface area contributed by atoms with Crippen molar-refractivity contribution in [3.63, 3.8) is 0 Å². The summed E-state index contributed by atoms with van der Waals surface area (Å²) in [6, 6.07) is 30.7. The number of hydrogen-bond donors (Lipinski definition) is 2. The molecule has 0 bridgehead atoms. The highest BCUT2D eigenvalue weighted by Crippen LogP contribution is 2.45. The summed E-state index contributed by atoms with van der Waals surface area (Å²) in [4.78, 5) is 38.7. The van der Waals surface area contributed by atoms with Crippen molar-refractivity contribution < 1.29 is 29.0 Å². The summed E-state index contributed by atoms with van der Waals surface area (Å²) in [6.45, 7) is 1.10. The molecule has 1 unspecified atom stereocenters. The van der Waals surface area contributed by atoms with Crippen LogP contribution in [0.3, 0.4) is 0 Å². The fourth-order valence-electron chi connectivity index (χ4n) is 5.97. The fourth-order valence-corrected chi connectivity index (χ4v) is 5.97. The van der Waals surface area contributed by atoms with Crippen LogP contribution in [0.2, 0.25) is 0 Å². The summed E-state index contributed by atoms with van der Waals surface area (Å²) < 4.78 is 11.2. The second kappa shape index (κ2) is 11.4. The van der Waals surface area contributed by atoms with E-state index in [1.54, 1.807) is 0 Å². The second-order valence-electron chi connectivity index (χ2n) is 10.4. The standard InChI is InChI=1S/C34H30N2O6/c1-21(32(37)38)36(34(40)42-19-31-28-16-8-4-12-24(28)25-13-5-9-17-29(25)31)20-35-33(39)41-18-30-26-14-6-2-10-22(26)23-11-3-7-15-27(23)30/h2-17,21,30-31H,18-20H2,1H3,(H,35,39)(H,37,38). The smallest absolute Gasteiger partial charge is 0.411 e. The SMILES string of the molecule is CC(C(=O)O)N(CNC(=O)OCC1c2ccccc2-c2ccccc21)C(=O)OCC1c2ccccc2-c2ccccc21. The number of carboxylic acids is 1. The molecule has 42 heavy (non-hydrogen) atoms. The van der Waals surface area contributed by atoms with E-state index in [2.05, 4.69) is 5.32 Å². The van der Waals surface area contributed by atoms with E-state index >= 15 is 0 Å². The van der Waals surface area contributed by atoms with Crippen LogP contribution >= 0.6 is 0 Å². The van der Waals surface area contributed by atoms with E-state index in [1.807, 2.05) is 97.1 Å². The third kappa shape index (κ3) is 4.96. The van der Waals surface area contributed by atoms with Crippen LogP contribution < -0.4 is 5.32 Å². The highest BCUT2D eigenvalue weighted by Gasteiger charge is 2.33. The van der Waals surface area contributed by atoms with Crippen LogP contribution in [0.5, 0.6) is 0 Å². The predicted octanol–water partition coefficient (Wildman–Crippen LogP) is 6.21. The summed E-state index contributed by atoms with van der Waals surface area (Å²) in [5.74, 6) is -1.53. The van der Waals surface area contributed by atoms with Crippen molar-refractivity contribution in [2.24, 2.45) is 0 Å². The topological polar surface area (TPSA) is 105 Å². The minimum atomic E-state index is -1.24. The highest BCUT2D eigenvalue weighted by atomic mass is 16.6. The van der Waals surface area contributed by atoms with E-state index in [-0.39, 0.29) is 31.7 Å². The molecule has 2 aliphatic rings. The van der Waals surface area contributed by atoms with Gasteiger partial charge in [-0.3, -0.25) is 4.90 Å². The molecule has 6 rings (SSSR count). The van der Waals surface area contributed by atoms with Gasteiger partial charge in [-0.05, 0) is 51.4 Å². The van der Waals surface area contributed by atoms with Gasteiger partial charge in [0.25, 0.3) is 0 Å². The maximum atomic E-state index is 13.2. The first-order valence-corrected chi connectivity index (χ1v) is 13.9. The van der Waals surface area contributed by atoms with Gasteiger partial charge >= 0.3 is 18.2 Å². The van der Waals surface area contributed by atoms with Gasteiger partial charge in [-0.2, -0.15) is 0 Å². The fraction of sp³-hybridized carbons (Fsp3) is 0.206. The molecule has 0 aromatic heterocycles. The molecule has 4 aromatic carbocycles. The molecule has 0 heterocycles. The van der Waals surface area contributed by atoms with Crippen molar-refractivity contribution in [2.75, 3.05) is 19.9 Å². The van der Waals surface area contributed by atoms with Gasteiger partial charge in [-0.25, -0.2) is 14.4 Å². The number of fused-ring (bicyclic) bond motifs is 6. The molecule has 0 spiro atoms. The van der Waals surface area contributed by atoms with E-state index in [1.165, 1.54) is 6.92 Å². The Morgan fingerprint density at radius 1 is 0.690 bits per heavy atom. The number of carbonyl (C=O) groups is 3. The van der Waals surface area contributed by atoms with E-state index in [0.717, 1.165) is 49.4 Å². The van der Waals surface area contributed by atoms with Crippen LogP contribution in [0.4, 0.5) is 9.59 Å². The first-order valence-electron chi connectivity index (χ1n) is 13.9. The Kier molecular flexibility index (Phi) is 7.35. The van der Waals surface area contributed by atoms with Gasteiger partial charge in [0.1, 0.15) is 25.9 Å². The van der Waals surface area contributed by atoms with Gasteiger partial charge in [0.2, 0.25) is 0 Å². The molecule has 8 heteroatoms. The van der Waals surface area contributed by atoms with E-state index < -0.39 is 24.2 Å². The first kappa shape index (κ1) is 27.1. The maximum absolute atomic E-state index is 13.2. The molecule has 0 fully saturated rings. The summed E-state index contributed by atoms with van der Waals surface area (Å²) in [6.07, 6.45) is -1.60. The Morgan fingerprint density at radius 2 is 1.07 bits per heavy atom. The van der Waals surface area contributed by atoms with Crippen LogP contribution in [-0.4, -0.2) is 54.1 Å². The van der Waals surface area contributed by atoms with Crippen molar-refractivity contribution in [1.29, 1.82) is 0 Å². The Hall–Kier alpha value is -5.11. The van der Waals surface area contributed by atoms with Gasteiger partial charge in [0.15, 0.2) is 0 Å². The zero-order valence-electron chi connectivity index (χ0n) is 23.0. The van der Waals surface area contributed by atoms with Crippen molar-refractivity contribution in [1.82, 2.24) is 10.2 Å². The average Bonchev–Trinajstić information content (AvgIpc) is 3.51. The minimum absolute atomic E-state index is 0.0284. The molecule has 0 saturated carbocycles. The number of nitrogens with zero attached hydrogens (tertiary/aromatic N) is 1. The van der Waals surface area contributed by atoms with E-state index in [0.29, 0.717) is 0 Å². The van der Waals surface area contributed by atoms with Crippen molar-refractivity contribution >= 4 is 18.2 Å². The highest BCUT2D eigenvalue weighted by molar-refractivity contribution is 5.82. The Labute approximate surface area is 243 Å². The number of ether oxygens (including phenoxy) is 2. The first-order chi connectivity index (χ1) is 20.4. The van der Waals surface area contributed by atoms with Gasteiger partial charge in [-0.1, -0.05) is 97.1 Å². The number of amides is 2. The molecule has 4 aromatic rings. The van der Waals surface area contributed by atoms with E-state index in [9.17, 15) is 19.5 Å². The molecule has 1 atom stereocenters. The van der Waals surface area contributed by atoms with Crippen molar-refractivity contribution in [2.45, 2.75) is 24.8 Å². The largest absolute Gasteiger partial charge is 0.480 e. The number of carbonyl (C=O) groups excluding carboxylic acids is 2. The lowest BCUT2D eigenvalue weighted by Crippen LogP contribution is -2.49. The summed E-state index contributed by atoms with van der Waals surface area (Å²) in [5, 5.41) is 12.2. The zero-order valence-corrected chi connectivity index (χ0v) is 23.0. The Bertz CT molecular complexity index is 1580. The third-order valence-corrected chi connectivity index (χ3v) is 8.13. The molecule has 0 radical (unpaired) electrons. The molecular weight excluding hydrogens is 532 g/mol. The molecule has 2 N–H and O–H groups in total. The van der Waals surface area contributed by atoms with Gasteiger partial charge in [-0.15, -0.1) is 0 Å². The number of rotatable bonds is 8. The molecule has 212 valence electrons. The van der Waals surface area contributed by atoms with Crippen LogP contribution in [0.1, 0.15) is 41.0 Å². The molecule has 8 nitrogen and oxygen atoms in total. The number of benzene rings is 4. The quantitative estimate of drug-likeness (QED) is 0.248. The van der Waals surface area contributed by atoms with Crippen LogP contribution in [-0.2, 0) is 14.3 Å². The van der Waals surface area contributed by atoms with Crippen LogP contribution in [0.15, 0.2) is 97.1 Å². The van der Waals surface area contributed by atoms with E-state index in [4.69, 9.17) is 9.47 Å². The molecule has 2 amide bonds. The predicted molar refractivity (Wildman–Crippen MR) is 157 cm³/mol. The number of carboxylic acid groups (broad SMARTS) is 1. The monoisotopic (exact) mass is 562 g/mol. The van der Waals surface area contributed by atoms with Gasteiger partial charge in [0, 0.05) is 11.8 Å². The summed E-state index contributed by atoms with van der Waals surface area (Å²) in [7, 11) is 0. The minimum Gasteiger partial charge on any atom is -0.480 e. The van der Waals surface area contributed by atoms with Gasteiger partial charge < -0.3 is 19.9 Å². The normalized spacial score (nSPS) is 13.7. The number of hydrogen-bond acceptors (Lipinski definition) is 5. The van der Waals surface area contributed by atoms with Crippen LogP contribution in [0, 0.1) is 0 Å². The lowest BCUT2D eigenvalue weighted by molar-refractivity contribution is -0.142. The van der Waals surface area contributed by atoms with Crippen LogP contribution in [0.25, 0.3) is 22.3 Å². The Morgan fingerprint density at radius 3 is 1.48 bits per heavy atom. The second-order valence-corrected chi connectivity index (χ2v) is 10.4. The lowest BCUT2D eigenvalue weighted by atomic mass is 9.98. The van der Waals surface area contributed by atoms with Gasteiger partial charge in [0.05, 0.1) is 0 Å². The lowest BCUT2D eigenvalue weighted by Gasteiger charge is -2.26. The number of nitrogens with one attached hydrogen (secondary N) is 1. The molecular formula is C34H30N2O6. The van der Waals surface area contributed by atoms with Crippen molar-refractivity contribution in [3.8, 4) is 22.3 Å². The number of aliphatic carboxylic acids is 1. The third-order valence-electron chi connectivity index (χ3n) is 8.13. The van der Waals surface area contributed by atoms with Crippen molar-refractivity contribution in [3.05, 3.63) is 119 Å². The molecule has 0 aliphatic heterocycles. The number of alkyl carbamates (subject to hydrolysis) is 1. The molecule has 2 aliphatic carbocycles. The zero-order chi connectivity index (χ0) is 29.2. The maximum Gasteiger partial charge on any atom is 0.411 e.